The minimum Gasteiger partial charge on any atom is -0.490 e. The van der Waals surface area contributed by atoms with Crippen molar-refractivity contribution in [3.8, 4) is 11.5 Å². The molecule has 2 fully saturated rings. The second-order valence-corrected chi connectivity index (χ2v) is 8.84. The Balaban J connectivity index is 1.73. The molecule has 4 rings (SSSR count). The summed E-state index contributed by atoms with van der Waals surface area (Å²) in [4.78, 5) is 42.6. The maximum atomic E-state index is 13.3. The summed E-state index contributed by atoms with van der Waals surface area (Å²) in [5.74, 6) is -1.29. The van der Waals surface area contributed by atoms with Crippen LogP contribution in [0.4, 0.5) is 0 Å². The van der Waals surface area contributed by atoms with E-state index in [-0.39, 0.29) is 18.5 Å². The van der Waals surface area contributed by atoms with E-state index in [1.165, 1.54) is 6.92 Å². The van der Waals surface area contributed by atoms with Crippen molar-refractivity contribution in [1.29, 1.82) is 0 Å². The van der Waals surface area contributed by atoms with Crippen molar-refractivity contribution >= 4 is 23.4 Å². The molecule has 1 saturated carbocycles. The molecule has 0 aromatic heterocycles. The van der Waals surface area contributed by atoms with Gasteiger partial charge in [-0.2, -0.15) is 0 Å². The number of fused-ring (bicyclic) bond motifs is 1. The fourth-order valence-electron chi connectivity index (χ4n) is 4.99. The molecule has 1 aromatic rings. The molecule has 3 aliphatic rings. The lowest BCUT2D eigenvalue weighted by Crippen LogP contribution is -2.39. The molecule has 8 heteroatoms. The molecular formula is C26H31NO7. The van der Waals surface area contributed by atoms with Crippen molar-refractivity contribution in [2.45, 2.75) is 64.9 Å². The number of aliphatic imine (C=N–C) groups is 1. The van der Waals surface area contributed by atoms with Crippen LogP contribution in [0.3, 0.4) is 0 Å². The average molecular weight is 470 g/mol. The Labute approximate surface area is 199 Å². The Morgan fingerprint density at radius 2 is 1.97 bits per heavy atom. The highest BCUT2D eigenvalue weighted by atomic mass is 16.6. The SMILES string of the molecule is CCOc1cc([C@@H]2C(C(=O)OC[C@@H]3CCCO3)=C(C)N=C3CCCC(=O)C32)ccc1OC(C)=O. The van der Waals surface area contributed by atoms with E-state index >= 15 is 0 Å². The van der Waals surface area contributed by atoms with Gasteiger partial charge in [-0.05, 0) is 57.2 Å². The summed E-state index contributed by atoms with van der Waals surface area (Å²) < 4.78 is 22.3. The number of hydrogen-bond donors (Lipinski definition) is 0. The zero-order valence-corrected chi connectivity index (χ0v) is 19.9. The minimum atomic E-state index is -0.553. The van der Waals surface area contributed by atoms with Crippen LogP contribution in [0, 0.1) is 5.92 Å². The van der Waals surface area contributed by atoms with Gasteiger partial charge >= 0.3 is 11.9 Å². The van der Waals surface area contributed by atoms with E-state index in [0.717, 1.165) is 30.5 Å². The molecule has 34 heavy (non-hydrogen) atoms. The molecule has 8 nitrogen and oxygen atoms in total. The van der Waals surface area contributed by atoms with E-state index < -0.39 is 23.8 Å². The van der Waals surface area contributed by atoms with E-state index in [1.807, 2.05) is 6.92 Å². The summed E-state index contributed by atoms with van der Waals surface area (Å²) in [5, 5.41) is 0. The number of nitrogens with zero attached hydrogens (tertiary/aromatic N) is 1. The lowest BCUT2D eigenvalue weighted by Gasteiger charge is -2.35. The molecule has 0 amide bonds. The Morgan fingerprint density at radius 1 is 1.15 bits per heavy atom. The first-order valence-corrected chi connectivity index (χ1v) is 11.9. The molecule has 182 valence electrons. The van der Waals surface area contributed by atoms with Crippen LogP contribution in [0.15, 0.2) is 34.5 Å². The van der Waals surface area contributed by atoms with Gasteiger partial charge in [0.05, 0.1) is 24.2 Å². The third kappa shape index (κ3) is 5.06. The van der Waals surface area contributed by atoms with Crippen LogP contribution in [0.5, 0.6) is 11.5 Å². The fourth-order valence-corrected chi connectivity index (χ4v) is 4.99. The lowest BCUT2D eigenvalue weighted by molar-refractivity contribution is -0.142. The van der Waals surface area contributed by atoms with E-state index in [0.29, 0.717) is 48.8 Å². The van der Waals surface area contributed by atoms with Crippen LogP contribution in [0.25, 0.3) is 0 Å². The molecule has 1 aliphatic carbocycles. The monoisotopic (exact) mass is 469 g/mol. The van der Waals surface area contributed by atoms with Crippen LogP contribution in [0.1, 0.15) is 64.4 Å². The maximum absolute atomic E-state index is 13.3. The molecule has 0 spiro atoms. The smallest absolute Gasteiger partial charge is 0.336 e. The van der Waals surface area contributed by atoms with Crippen LogP contribution >= 0.6 is 0 Å². The van der Waals surface area contributed by atoms with Gasteiger partial charge in [0.15, 0.2) is 11.5 Å². The van der Waals surface area contributed by atoms with Crippen molar-refractivity contribution in [1.82, 2.24) is 0 Å². The quantitative estimate of drug-likeness (QED) is 0.441. The number of benzene rings is 1. The number of hydrogen-bond acceptors (Lipinski definition) is 8. The molecule has 1 aromatic carbocycles. The largest absolute Gasteiger partial charge is 0.490 e. The number of ether oxygens (including phenoxy) is 4. The maximum Gasteiger partial charge on any atom is 0.336 e. The number of carbonyl (C=O) groups is 3. The Hall–Kier alpha value is -3.00. The van der Waals surface area contributed by atoms with Gasteiger partial charge in [0, 0.05) is 37.3 Å². The zero-order valence-electron chi connectivity index (χ0n) is 19.9. The molecular weight excluding hydrogens is 438 g/mol. The number of ketones is 1. The number of carbonyl (C=O) groups excluding carboxylic acids is 3. The number of esters is 2. The molecule has 0 bridgehead atoms. The van der Waals surface area contributed by atoms with Crippen molar-refractivity contribution in [2.24, 2.45) is 10.9 Å². The molecule has 0 radical (unpaired) electrons. The first kappa shape index (κ1) is 24.1. The van der Waals surface area contributed by atoms with Gasteiger partial charge in [-0.15, -0.1) is 0 Å². The topological polar surface area (TPSA) is 100 Å². The Morgan fingerprint density at radius 3 is 2.68 bits per heavy atom. The Bertz CT molecular complexity index is 1040. The fraction of sp³-hybridized carbons (Fsp3) is 0.538. The lowest BCUT2D eigenvalue weighted by atomic mass is 9.69. The standard InChI is InChI=1S/C26H31NO7/c1-4-31-22-13-17(10-11-21(22)34-16(3)28)24-23(26(30)33-14-18-7-6-12-32-18)15(2)27-19-8-5-9-20(29)25(19)24/h10-11,13,18,24-25H,4-9,12,14H2,1-3H3/t18-,24+,25?/m0/s1. The average Bonchev–Trinajstić information content (AvgIpc) is 3.31. The number of Topliss-reactive ketones (excluding diaryl/α,β-unsaturated/α-hetero) is 1. The molecule has 3 atom stereocenters. The number of allylic oxidation sites excluding steroid dienone is 1. The van der Waals surface area contributed by atoms with E-state index in [2.05, 4.69) is 4.99 Å². The van der Waals surface area contributed by atoms with Crippen molar-refractivity contribution in [3.05, 3.63) is 35.0 Å². The highest BCUT2D eigenvalue weighted by molar-refractivity contribution is 6.11. The Kier molecular flexibility index (Phi) is 7.46. The summed E-state index contributed by atoms with van der Waals surface area (Å²) in [6.45, 7) is 6.15. The molecule has 2 heterocycles. The van der Waals surface area contributed by atoms with Gasteiger partial charge < -0.3 is 18.9 Å². The molecule has 1 unspecified atom stereocenters. The third-order valence-corrected chi connectivity index (χ3v) is 6.43. The van der Waals surface area contributed by atoms with Crippen LogP contribution in [-0.2, 0) is 23.9 Å². The highest BCUT2D eigenvalue weighted by Crippen LogP contribution is 2.45. The highest BCUT2D eigenvalue weighted by Gasteiger charge is 2.44. The van der Waals surface area contributed by atoms with E-state index in [4.69, 9.17) is 18.9 Å². The minimum absolute atomic E-state index is 0.0638. The molecule has 0 N–H and O–H groups in total. The van der Waals surface area contributed by atoms with Crippen molar-refractivity contribution in [2.75, 3.05) is 19.8 Å². The predicted molar refractivity (Wildman–Crippen MR) is 124 cm³/mol. The van der Waals surface area contributed by atoms with Crippen molar-refractivity contribution in [3.63, 3.8) is 0 Å². The summed E-state index contributed by atoms with van der Waals surface area (Å²) in [5.41, 5.74) is 2.46. The number of rotatable bonds is 7. The van der Waals surface area contributed by atoms with Gasteiger partial charge in [-0.1, -0.05) is 6.07 Å². The van der Waals surface area contributed by atoms with Crippen LogP contribution in [0.2, 0.25) is 0 Å². The van der Waals surface area contributed by atoms with E-state index in [1.54, 1.807) is 25.1 Å². The van der Waals surface area contributed by atoms with Gasteiger partial charge in [-0.3, -0.25) is 14.6 Å². The zero-order chi connectivity index (χ0) is 24.2. The van der Waals surface area contributed by atoms with Crippen LogP contribution in [-0.4, -0.2) is 49.4 Å². The normalized spacial score (nSPS) is 24.4. The second kappa shape index (κ2) is 10.5. The second-order valence-electron chi connectivity index (χ2n) is 8.84. The van der Waals surface area contributed by atoms with Gasteiger partial charge in [-0.25, -0.2) is 4.79 Å². The first-order valence-electron chi connectivity index (χ1n) is 11.9. The molecule has 1 saturated heterocycles. The predicted octanol–water partition coefficient (Wildman–Crippen LogP) is 3.91. The van der Waals surface area contributed by atoms with Crippen molar-refractivity contribution < 1.29 is 33.3 Å². The summed E-state index contributed by atoms with van der Waals surface area (Å²) >= 11 is 0. The molecule has 2 aliphatic heterocycles. The van der Waals surface area contributed by atoms with Crippen LogP contribution < -0.4 is 9.47 Å². The third-order valence-electron chi connectivity index (χ3n) is 6.43. The van der Waals surface area contributed by atoms with Gasteiger partial charge in [0.25, 0.3) is 0 Å². The first-order chi connectivity index (χ1) is 16.4. The van der Waals surface area contributed by atoms with Gasteiger partial charge in [0.2, 0.25) is 0 Å². The summed E-state index contributed by atoms with van der Waals surface area (Å²) in [6, 6.07) is 5.17. The van der Waals surface area contributed by atoms with E-state index in [9.17, 15) is 14.4 Å². The summed E-state index contributed by atoms with van der Waals surface area (Å²) in [7, 11) is 0. The summed E-state index contributed by atoms with van der Waals surface area (Å²) in [6.07, 6.45) is 3.62. The van der Waals surface area contributed by atoms with Gasteiger partial charge in [0.1, 0.15) is 12.4 Å².